The molecule has 2 rings (SSSR count). The first-order valence-corrected chi connectivity index (χ1v) is 8.95. The molecule has 2 aromatic carbocycles. The van der Waals surface area contributed by atoms with E-state index in [1.165, 1.54) is 13.2 Å². The largest absolute Gasteiger partial charge is 0.493 e. The number of esters is 1. The lowest BCUT2D eigenvalue weighted by Gasteiger charge is -2.10. The van der Waals surface area contributed by atoms with E-state index in [9.17, 15) is 9.59 Å². The van der Waals surface area contributed by atoms with Crippen LogP contribution in [-0.4, -0.2) is 32.7 Å². The van der Waals surface area contributed by atoms with Gasteiger partial charge in [0.2, 0.25) is 5.91 Å². The van der Waals surface area contributed by atoms with Crippen LogP contribution in [0.5, 0.6) is 11.5 Å². The Bertz CT molecular complexity index is 863. The van der Waals surface area contributed by atoms with Gasteiger partial charge in [-0.05, 0) is 48.9 Å². The molecule has 6 nitrogen and oxygen atoms in total. The van der Waals surface area contributed by atoms with Gasteiger partial charge in [0.25, 0.3) is 0 Å². The first-order chi connectivity index (χ1) is 13.0. The van der Waals surface area contributed by atoms with E-state index < -0.39 is 5.97 Å². The number of anilines is 1. The van der Waals surface area contributed by atoms with Crippen LogP contribution in [-0.2, 0) is 9.53 Å². The predicted molar refractivity (Wildman–Crippen MR) is 107 cm³/mol. The molecule has 0 saturated heterocycles. The van der Waals surface area contributed by atoms with Crippen molar-refractivity contribution in [3.63, 3.8) is 0 Å². The van der Waals surface area contributed by atoms with Crippen molar-refractivity contribution in [2.24, 2.45) is 0 Å². The highest BCUT2D eigenvalue weighted by atomic mass is 79.9. The van der Waals surface area contributed by atoms with Crippen LogP contribution in [0.3, 0.4) is 0 Å². The van der Waals surface area contributed by atoms with Crippen molar-refractivity contribution in [3.05, 3.63) is 58.1 Å². The van der Waals surface area contributed by atoms with Crippen LogP contribution in [0.25, 0.3) is 6.08 Å². The second kappa shape index (κ2) is 9.78. The van der Waals surface area contributed by atoms with Crippen molar-refractivity contribution < 1.29 is 23.8 Å². The van der Waals surface area contributed by atoms with Crippen molar-refractivity contribution in [3.8, 4) is 11.5 Å². The topological polar surface area (TPSA) is 73.9 Å². The molecule has 0 fully saturated rings. The summed E-state index contributed by atoms with van der Waals surface area (Å²) in [6.07, 6.45) is 3.02. The molecular weight excluding hydrogens is 414 g/mol. The molecule has 0 aliphatic heterocycles. The van der Waals surface area contributed by atoms with Gasteiger partial charge in [-0.15, -0.1) is 0 Å². The van der Waals surface area contributed by atoms with E-state index in [2.05, 4.69) is 21.2 Å². The van der Waals surface area contributed by atoms with Crippen LogP contribution in [0.15, 0.2) is 46.9 Å². The fourth-order valence-corrected chi connectivity index (χ4v) is 2.67. The molecule has 0 radical (unpaired) electrons. The average Bonchev–Trinajstić information content (AvgIpc) is 2.68. The van der Waals surface area contributed by atoms with Gasteiger partial charge in [-0.25, -0.2) is 4.79 Å². The summed E-state index contributed by atoms with van der Waals surface area (Å²) in [5.74, 6) is 0.307. The third kappa shape index (κ3) is 5.59. The third-order valence-electron chi connectivity index (χ3n) is 3.56. The molecule has 142 valence electrons. The van der Waals surface area contributed by atoms with Crippen molar-refractivity contribution >= 4 is 39.6 Å². The molecule has 27 heavy (non-hydrogen) atoms. The van der Waals surface area contributed by atoms with Gasteiger partial charge in [0.15, 0.2) is 11.5 Å². The van der Waals surface area contributed by atoms with Crippen LogP contribution in [0.1, 0.15) is 22.8 Å². The smallest absolute Gasteiger partial charge is 0.340 e. The molecule has 2 aromatic rings. The number of ether oxygens (including phenoxy) is 3. The Morgan fingerprint density at radius 3 is 2.56 bits per heavy atom. The Kier molecular flexibility index (Phi) is 7.43. The number of rotatable bonds is 7. The van der Waals surface area contributed by atoms with Gasteiger partial charge in [0, 0.05) is 10.5 Å². The summed E-state index contributed by atoms with van der Waals surface area (Å²) >= 11 is 3.30. The number of benzene rings is 2. The summed E-state index contributed by atoms with van der Waals surface area (Å²) in [6, 6.07) is 10.3. The van der Waals surface area contributed by atoms with Gasteiger partial charge < -0.3 is 19.5 Å². The van der Waals surface area contributed by atoms with E-state index in [1.54, 1.807) is 43.5 Å². The minimum Gasteiger partial charge on any atom is -0.493 e. The van der Waals surface area contributed by atoms with Crippen molar-refractivity contribution in [2.75, 3.05) is 26.1 Å². The number of nitrogens with one attached hydrogen (secondary N) is 1. The maximum Gasteiger partial charge on any atom is 0.340 e. The van der Waals surface area contributed by atoms with Gasteiger partial charge in [-0.2, -0.15) is 0 Å². The lowest BCUT2D eigenvalue weighted by Crippen LogP contribution is -2.13. The van der Waals surface area contributed by atoms with Crippen molar-refractivity contribution in [1.29, 1.82) is 0 Å². The summed E-state index contributed by atoms with van der Waals surface area (Å²) in [5.41, 5.74) is 1.40. The average molecular weight is 434 g/mol. The normalized spacial score (nSPS) is 10.5. The highest BCUT2D eigenvalue weighted by Gasteiger charge is 2.13. The molecule has 0 unspecified atom stereocenters. The quantitative estimate of drug-likeness (QED) is 0.520. The highest BCUT2D eigenvalue weighted by Crippen LogP contribution is 2.28. The summed E-state index contributed by atoms with van der Waals surface area (Å²) < 4.78 is 16.2. The standard InChI is InChI=1S/C20H20BrNO5/c1-4-27-17-9-5-13(11-18(17)25-2)6-10-19(23)22-16-8-7-14(21)12-15(16)20(24)26-3/h5-12H,4H2,1-3H3,(H,22,23)/b10-6+. The Balaban J connectivity index is 2.15. The molecule has 0 aromatic heterocycles. The Morgan fingerprint density at radius 2 is 1.89 bits per heavy atom. The van der Waals surface area contributed by atoms with Crippen molar-refractivity contribution in [1.82, 2.24) is 0 Å². The third-order valence-corrected chi connectivity index (χ3v) is 4.05. The Hall–Kier alpha value is -2.80. The molecular formula is C20H20BrNO5. The van der Waals surface area contributed by atoms with Crippen LogP contribution >= 0.6 is 15.9 Å². The number of carbonyl (C=O) groups excluding carboxylic acids is 2. The number of hydrogen-bond acceptors (Lipinski definition) is 5. The molecule has 0 bridgehead atoms. The fraction of sp³-hybridized carbons (Fsp3) is 0.200. The van der Waals surface area contributed by atoms with Gasteiger partial charge in [-0.3, -0.25) is 4.79 Å². The molecule has 0 aliphatic carbocycles. The van der Waals surface area contributed by atoms with Gasteiger partial charge >= 0.3 is 5.97 Å². The molecule has 7 heteroatoms. The number of amides is 1. The monoisotopic (exact) mass is 433 g/mol. The van der Waals surface area contributed by atoms with E-state index in [1.807, 2.05) is 13.0 Å². The number of halogens is 1. The predicted octanol–water partition coefficient (Wildman–Crippen LogP) is 4.29. The number of methoxy groups -OCH3 is 2. The highest BCUT2D eigenvalue weighted by molar-refractivity contribution is 9.10. The van der Waals surface area contributed by atoms with Gasteiger partial charge in [0.1, 0.15) is 0 Å². The molecule has 0 aliphatic rings. The molecule has 1 amide bonds. The van der Waals surface area contributed by atoms with Crippen LogP contribution in [0, 0.1) is 0 Å². The molecule has 1 N–H and O–H groups in total. The lowest BCUT2D eigenvalue weighted by atomic mass is 10.1. The fourth-order valence-electron chi connectivity index (χ4n) is 2.31. The maximum absolute atomic E-state index is 12.2. The second-order valence-corrected chi connectivity index (χ2v) is 6.26. The summed E-state index contributed by atoms with van der Waals surface area (Å²) in [5, 5.41) is 2.68. The second-order valence-electron chi connectivity index (χ2n) is 5.35. The van der Waals surface area contributed by atoms with Gasteiger partial charge in [0.05, 0.1) is 32.1 Å². The SMILES string of the molecule is CCOc1ccc(/C=C/C(=O)Nc2ccc(Br)cc2C(=O)OC)cc1OC. The summed E-state index contributed by atoms with van der Waals surface area (Å²) in [6.45, 7) is 2.42. The van der Waals surface area contributed by atoms with E-state index >= 15 is 0 Å². The first-order valence-electron chi connectivity index (χ1n) is 8.16. The molecule has 0 heterocycles. The van der Waals surface area contributed by atoms with E-state index in [0.717, 1.165) is 5.56 Å². The first kappa shape index (κ1) is 20.5. The Labute approximate surface area is 166 Å². The van der Waals surface area contributed by atoms with Gasteiger partial charge in [-0.1, -0.05) is 22.0 Å². The van der Waals surface area contributed by atoms with Crippen LogP contribution < -0.4 is 14.8 Å². The van der Waals surface area contributed by atoms with E-state index in [-0.39, 0.29) is 11.5 Å². The summed E-state index contributed by atoms with van der Waals surface area (Å²) in [7, 11) is 2.84. The zero-order valence-electron chi connectivity index (χ0n) is 15.2. The molecule has 0 atom stereocenters. The van der Waals surface area contributed by atoms with Crippen LogP contribution in [0.2, 0.25) is 0 Å². The van der Waals surface area contributed by atoms with Crippen molar-refractivity contribution in [2.45, 2.75) is 6.92 Å². The zero-order chi connectivity index (χ0) is 19.8. The number of hydrogen-bond donors (Lipinski definition) is 1. The van der Waals surface area contributed by atoms with E-state index in [0.29, 0.717) is 28.3 Å². The minimum absolute atomic E-state index is 0.261. The van der Waals surface area contributed by atoms with E-state index in [4.69, 9.17) is 14.2 Å². The summed E-state index contributed by atoms with van der Waals surface area (Å²) in [4.78, 5) is 24.1. The Morgan fingerprint density at radius 1 is 1.11 bits per heavy atom. The zero-order valence-corrected chi connectivity index (χ0v) is 16.8. The maximum atomic E-state index is 12.2. The molecule has 0 saturated carbocycles. The lowest BCUT2D eigenvalue weighted by molar-refractivity contribution is -0.111. The minimum atomic E-state index is -0.535. The molecule has 0 spiro atoms. The number of carbonyl (C=O) groups is 2. The van der Waals surface area contributed by atoms with Crippen LogP contribution in [0.4, 0.5) is 5.69 Å².